The number of hydrogen-bond acceptors (Lipinski definition) is 6. The molecule has 1 aliphatic heterocycles. The van der Waals surface area contributed by atoms with Crippen molar-refractivity contribution < 1.29 is 23.8 Å². The van der Waals surface area contributed by atoms with Crippen LogP contribution in [0.1, 0.15) is 39.2 Å². The predicted molar refractivity (Wildman–Crippen MR) is 128 cm³/mol. The molecule has 0 saturated carbocycles. The number of methoxy groups -OCH3 is 1. The van der Waals surface area contributed by atoms with Crippen LogP contribution < -0.4 is 9.64 Å². The van der Waals surface area contributed by atoms with Gasteiger partial charge < -0.3 is 19.1 Å². The molecular formula is C26H28ClNO5. The van der Waals surface area contributed by atoms with Crippen LogP contribution in [0.2, 0.25) is 5.02 Å². The summed E-state index contributed by atoms with van der Waals surface area (Å²) < 4.78 is 16.1. The molecule has 0 unspecified atom stereocenters. The molecule has 0 radical (unpaired) electrons. The number of halogens is 1. The highest BCUT2D eigenvalue weighted by Crippen LogP contribution is 2.45. The lowest BCUT2D eigenvalue weighted by Gasteiger charge is -2.38. The number of carbonyl (C=O) groups is 2. The van der Waals surface area contributed by atoms with Gasteiger partial charge in [0.25, 0.3) is 0 Å². The van der Waals surface area contributed by atoms with Gasteiger partial charge in [-0.15, -0.1) is 0 Å². The van der Waals surface area contributed by atoms with Crippen LogP contribution >= 0.6 is 11.6 Å². The third-order valence-corrected chi connectivity index (χ3v) is 5.84. The quantitative estimate of drug-likeness (QED) is 0.490. The summed E-state index contributed by atoms with van der Waals surface area (Å²) in [6.45, 7) is 7.61. The van der Waals surface area contributed by atoms with Gasteiger partial charge in [0.2, 0.25) is 0 Å². The number of benzene rings is 2. The molecule has 0 N–H and O–H groups in total. The molecule has 0 aromatic heterocycles. The summed E-state index contributed by atoms with van der Waals surface area (Å²) in [7, 11) is 1.54. The molecule has 7 heteroatoms. The van der Waals surface area contributed by atoms with E-state index in [9.17, 15) is 9.59 Å². The van der Waals surface area contributed by atoms with Gasteiger partial charge in [-0.25, -0.2) is 9.59 Å². The molecular weight excluding hydrogens is 442 g/mol. The average Bonchev–Trinajstić information content (AvgIpc) is 2.79. The second-order valence-electron chi connectivity index (χ2n) is 7.44. The maximum Gasteiger partial charge on any atom is 0.336 e. The lowest BCUT2D eigenvalue weighted by Crippen LogP contribution is -2.35. The van der Waals surface area contributed by atoms with Crippen LogP contribution in [0.15, 0.2) is 71.1 Å². The Labute approximate surface area is 199 Å². The van der Waals surface area contributed by atoms with Gasteiger partial charge in [-0.2, -0.15) is 0 Å². The Morgan fingerprint density at radius 3 is 1.91 bits per heavy atom. The van der Waals surface area contributed by atoms with E-state index in [1.807, 2.05) is 55.1 Å². The largest absolute Gasteiger partial charge is 0.495 e. The second-order valence-corrected chi connectivity index (χ2v) is 7.84. The summed E-state index contributed by atoms with van der Waals surface area (Å²) in [5, 5.41) is 0.413. The fraction of sp³-hybridized carbons (Fsp3) is 0.308. The Bertz CT molecular complexity index is 1060. The molecule has 0 fully saturated rings. The smallest absolute Gasteiger partial charge is 0.336 e. The Kier molecular flexibility index (Phi) is 7.82. The van der Waals surface area contributed by atoms with Crippen LogP contribution in [0.3, 0.4) is 0 Å². The highest BCUT2D eigenvalue weighted by atomic mass is 35.5. The molecule has 3 rings (SSSR count). The summed E-state index contributed by atoms with van der Waals surface area (Å²) in [6.07, 6.45) is 0. The highest BCUT2D eigenvalue weighted by Gasteiger charge is 2.41. The van der Waals surface area contributed by atoms with Crippen molar-refractivity contribution in [3.05, 3.63) is 81.7 Å². The summed E-state index contributed by atoms with van der Waals surface area (Å²) in [4.78, 5) is 28.3. The van der Waals surface area contributed by atoms with Crippen molar-refractivity contribution in [3.8, 4) is 5.75 Å². The van der Waals surface area contributed by atoms with Gasteiger partial charge in [-0.3, -0.25) is 0 Å². The zero-order valence-corrected chi connectivity index (χ0v) is 20.2. The summed E-state index contributed by atoms with van der Waals surface area (Å²) in [5.41, 5.74) is 3.54. The molecule has 1 heterocycles. The van der Waals surface area contributed by atoms with Gasteiger partial charge in [0.1, 0.15) is 5.75 Å². The van der Waals surface area contributed by atoms with Crippen molar-refractivity contribution in [1.82, 2.24) is 0 Å². The lowest BCUT2D eigenvalue weighted by atomic mass is 9.79. The Balaban J connectivity index is 2.31. The summed E-state index contributed by atoms with van der Waals surface area (Å²) in [6, 6.07) is 14.7. The number of carbonyl (C=O) groups excluding carboxylic acids is 2. The van der Waals surface area contributed by atoms with Gasteiger partial charge in [0.05, 0.1) is 42.4 Å². The van der Waals surface area contributed by atoms with E-state index in [1.54, 1.807) is 33.1 Å². The number of allylic oxidation sites excluding steroid dienone is 2. The van der Waals surface area contributed by atoms with E-state index in [0.29, 0.717) is 39.0 Å². The summed E-state index contributed by atoms with van der Waals surface area (Å²) in [5.74, 6) is -1.07. The van der Waals surface area contributed by atoms with Gasteiger partial charge in [-0.1, -0.05) is 41.9 Å². The first-order valence-electron chi connectivity index (χ1n) is 10.8. The van der Waals surface area contributed by atoms with Crippen LogP contribution in [0.25, 0.3) is 0 Å². The first kappa shape index (κ1) is 24.4. The fourth-order valence-corrected chi connectivity index (χ4v) is 4.42. The summed E-state index contributed by atoms with van der Waals surface area (Å²) >= 11 is 6.40. The number of hydrogen-bond donors (Lipinski definition) is 0. The minimum Gasteiger partial charge on any atom is -0.495 e. The molecule has 33 heavy (non-hydrogen) atoms. The number of ether oxygens (including phenoxy) is 3. The average molecular weight is 470 g/mol. The maximum atomic E-state index is 13.2. The predicted octanol–water partition coefficient (Wildman–Crippen LogP) is 5.63. The fourth-order valence-electron chi connectivity index (χ4n) is 4.16. The highest BCUT2D eigenvalue weighted by molar-refractivity contribution is 6.32. The second kappa shape index (κ2) is 10.6. The standard InChI is InChI=1S/C26H28ClNO5/c1-6-32-25(29)22-16(3)28(19-13-14-21(31-5)20(27)15-19)17(4)23(26(30)33-7-2)24(22)18-11-9-8-10-12-18/h8-15,24H,6-7H2,1-5H3. The minimum atomic E-state index is -0.630. The maximum absolute atomic E-state index is 13.2. The Morgan fingerprint density at radius 2 is 1.45 bits per heavy atom. The van der Waals surface area contributed by atoms with Crippen LogP contribution in [0.5, 0.6) is 5.75 Å². The molecule has 174 valence electrons. The van der Waals surface area contributed by atoms with Crippen molar-refractivity contribution in [2.24, 2.45) is 0 Å². The third kappa shape index (κ3) is 4.76. The van der Waals surface area contributed by atoms with Crippen LogP contribution in [0.4, 0.5) is 5.69 Å². The number of esters is 2. The van der Waals surface area contributed by atoms with Gasteiger partial charge in [0, 0.05) is 17.1 Å². The third-order valence-electron chi connectivity index (χ3n) is 5.54. The molecule has 2 aromatic carbocycles. The normalized spacial score (nSPS) is 14.4. The zero-order valence-electron chi connectivity index (χ0n) is 19.5. The SMILES string of the molecule is CCOC(=O)C1=C(C)N(c2ccc(OC)c(Cl)c2)C(C)=C(C(=O)OCC)C1c1ccccc1. The van der Waals surface area contributed by atoms with E-state index in [0.717, 1.165) is 5.56 Å². The van der Waals surface area contributed by atoms with Crippen molar-refractivity contribution in [2.45, 2.75) is 33.6 Å². The molecule has 2 aromatic rings. The number of anilines is 1. The van der Waals surface area contributed by atoms with E-state index < -0.39 is 17.9 Å². The molecule has 1 aliphatic rings. The van der Waals surface area contributed by atoms with E-state index in [1.165, 1.54) is 0 Å². The van der Waals surface area contributed by atoms with Gasteiger partial charge >= 0.3 is 11.9 Å². The molecule has 0 bridgehead atoms. The number of rotatable bonds is 7. The first-order valence-corrected chi connectivity index (χ1v) is 11.2. The molecule has 6 nitrogen and oxygen atoms in total. The van der Waals surface area contributed by atoms with Crippen LogP contribution in [-0.4, -0.2) is 32.3 Å². The van der Waals surface area contributed by atoms with Crippen molar-refractivity contribution in [2.75, 3.05) is 25.2 Å². The topological polar surface area (TPSA) is 65.1 Å². The Hall–Kier alpha value is -3.25. The Morgan fingerprint density at radius 1 is 0.909 bits per heavy atom. The molecule has 0 amide bonds. The lowest BCUT2D eigenvalue weighted by molar-refractivity contribution is -0.139. The van der Waals surface area contributed by atoms with E-state index in [-0.39, 0.29) is 13.2 Å². The van der Waals surface area contributed by atoms with E-state index in [2.05, 4.69) is 0 Å². The van der Waals surface area contributed by atoms with Crippen molar-refractivity contribution >= 4 is 29.2 Å². The van der Waals surface area contributed by atoms with Gasteiger partial charge in [0.15, 0.2) is 0 Å². The first-order chi connectivity index (χ1) is 15.8. The van der Waals surface area contributed by atoms with Crippen LogP contribution in [0, 0.1) is 0 Å². The van der Waals surface area contributed by atoms with Gasteiger partial charge in [-0.05, 0) is 51.5 Å². The minimum absolute atomic E-state index is 0.211. The molecule has 0 atom stereocenters. The zero-order chi connectivity index (χ0) is 24.1. The molecule has 0 spiro atoms. The number of nitrogens with zero attached hydrogens (tertiary/aromatic N) is 1. The molecule has 0 aliphatic carbocycles. The monoisotopic (exact) mass is 469 g/mol. The van der Waals surface area contributed by atoms with E-state index in [4.69, 9.17) is 25.8 Å². The molecule has 0 saturated heterocycles. The van der Waals surface area contributed by atoms with E-state index >= 15 is 0 Å². The van der Waals surface area contributed by atoms with Crippen molar-refractivity contribution in [3.63, 3.8) is 0 Å². The van der Waals surface area contributed by atoms with Crippen LogP contribution in [-0.2, 0) is 19.1 Å². The van der Waals surface area contributed by atoms with Crippen molar-refractivity contribution in [1.29, 1.82) is 0 Å².